The Balaban J connectivity index is 1.69. The highest BCUT2D eigenvalue weighted by Crippen LogP contribution is 2.17. The Morgan fingerprint density at radius 3 is 2.89 bits per heavy atom. The molecule has 0 spiro atoms. The molecule has 2 aromatic heterocycles. The molecule has 2 nitrogen and oxygen atoms in total. The van der Waals surface area contributed by atoms with Crippen molar-refractivity contribution in [1.29, 1.82) is 0 Å². The maximum atomic E-state index is 4.68. The van der Waals surface area contributed by atoms with Gasteiger partial charge in [-0.2, -0.15) is 0 Å². The number of hydrogen-bond donors (Lipinski definition) is 1. The van der Waals surface area contributed by atoms with E-state index in [1.807, 2.05) is 11.3 Å². The number of benzene rings is 1. The fraction of sp³-hybridized carbons (Fsp3) is 0.267. The Labute approximate surface area is 111 Å². The molecule has 0 radical (unpaired) electrons. The zero-order chi connectivity index (χ0) is 12.4. The van der Waals surface area contributed by atoms with Gasteiger partial charge in [-0.1, -0.05) is 18.2 Å². The van der Waals surface area contributed by atoms with Crippen LogP contribution in [0.25, 0.3) is 11.0 Å². The van der Waals surface area contributed by atoms with Crippen LogP contribution in [0.3, 0.4) is 0 Å². The van der Waals surface area contributed by atoms with Gasteiger partial charge in [-0.3, -0.25) is 0 Å². The van der Waals surface area contributed by atoms with E-state index < -0.39 is 0 Å². The van der Waals surface area contributed by atoms with Crippen LogP contribution >= 0.6 is 11.3 Å². The van der Waals surface area contributed by atoms with Crippen molar-refractivity contribution in [1.82, 2.24) is 9.97 Å². The average molecular weight is 256 g/mol. The van der Waals surface area contributed by atoms with Crippen LogP contribution in [0.1, 0.15) is 22.7 Å². The lowest BCUT2D eigenvalue weighted by Gasteiger charge is -1.95. The van der Waals surface area contributed by atoms with Gasteiger partial charge in [0, 0.05) is 11.3 Å². The maximum Gasteiger partial charge on any atom is 0.107 e. The van der Waals surface area contributed by atoms with Crippen LogP contribution in [0, 0.1) is 6.92 Å². The molecular weight excluding hydrogens is 240 g/mol. The lowest BCUT2D eigenvalue weighted by molar-refractivity contribution is 0.793. The highest BCUT2D eigenvalue weighted by atomic mass is 32.1. The molecule has 0 amide bonds. The standard InChI is InChI=1S/C15H16N2S/c1-11-5-2-8-13-15(11)17-14(16-13)9-3-6-12-7-4-10-18-12/h2,4-5,7-8,10H,3,6,9H2,1H3,(H,16,17). The molecule has 2 heterocycles. The molecule has 92 valence electrons. The van der Waals surface area contributed by atoms with E-state index in [2.05, 4.69) is 52.6 Å². The minimum absolute atomic E-state index is 1.02. The van der Waals surface area contributed by atoms with Crippen LogP contribution in [-0.2, 0) is 12.8 Å². The lowest BCUT2D eigenvalue weighted by atomic mass is 10.2. The van der Waals surface area contributed by atoms with Crippen molar-refractivity contribution in [3.8, 4) is 0 Å². The first kappa shape index (κ1) is 11.5. The third kappa shape index (κ3) is 2.31. The third-order valence-electron chi connectivity index (χ3n) is 3.18. The van der Waals surface area contributed by atoms with Crippen LogP contribution in [0.2, 0.25) is 0 Å². The highest BCUT2D eigenvalue weighted by Gasteiger charge is 2.04. The van der Waals surface area contributed by atoms with Gasteiger partial charge in [0.1, 0.15) is 5.82 Å². The van der Waals surface area contributed by atoms with Crippen LogP contribution in [0.5, 0.6) is 0 Å². The van der Waals surface area contributed by atoms with Crippen molar-refractivity contribution in [3.05, 3.63) is 52.0 Å². The number of nitrogens with zero attached hydrogens (tertiary/aromatic N) is 1. The van der Waals surface area contributed by atoms with Crippen molar-refractivity contribution in [2.75, 3.05) is 0 Å². The number of H-pyrrole nitrogens is 1. The fourth-order valence-electron chi connectivity index (χ4n) is 2.23. The molecule has 0 aliphatic carbocycles. The summed E-state index contributed by atoms with van der Waals surface area (Å²) < 4.78 is 0. The van der Waals surface area contributed by atoms with Gasteiger partial charge in [-0.25, -0.2) is 4.98 Å². The number of aromatic nitrogens is 2. The van der Waals surface area contributed by atoms with E-state index in [1.54, 1.807) is 0 Å². The molecule has 3 aromatic rings. The van der Waals surface area contributed by atoms with E-state index in [9.17, 15) is 0 Å². The van der Waals surface area contributed by atoms with E-state index in [4.69, 9.17) is 0 Å². The molecule has 1 aromatic carbocycles. The van der Waals surface area contributed by atoms with E-state index in [0.717, 1.165) is 36.1 Å². The number of imidazole rings is 1. The first-order chi connectivity index (χ1) is 8.83. The molecule has 18 heavy (non-hydrogen) atoms. The van der Waals surface area contributed by atoms with Crippen LogP contribution in [0.4, 0.5) is 0 Å². The van der Waals surface area contributed by atoms with Gasteiger partial charge in [-0.15, -0.1) is 11.3 Å². The zero-order valence-electron chi connectivity index (χ0n) is 10.4. The second-order valence-corrected chi connectivity index (χ2v) is 5.62. The fourth-order valence-corrected chi connectivity index (χ4v) is 2.98. The third-order valence-corrected chi connectivity index (χ3v) is 4.12. The Morgan fingerprint density at radius 2 is 2.11 bits per heavy atom. The van der Waals surface area contributed by atoms with E-state index in [1.165, 1.54) is 10.4 Å². The van der Waals surface area contributed by atoms with Gasteiger partial charge in [-0.05, 0) is 42.8 Å². The second kappa shape index (κ2) is 4.94. The molecule has 0 fully saturated rings. The molecule has 0 saturated heterocycles. The number of para-hydroxylation sites is 1. The van der Waals surface area contributed by atoms with Crippen LogP contribution in [0.15, 0.2) is 35.7 Å². The predicted molar refractivity (Wildman–Crippen MR) is 77.2 cm³/mol. The number of aromatic amines is 1. The lowest BCUT2D eigenvalue weighted by Crippen LogP contribution is -1.90. The van der Waals surface area contributed by atoms with Gasteiger partial charge in [0.05, 0.1) is 11.0 Å². The van der Waals surface area contributed by atoms with Gasteiger partial charge in [0.2, 0.25) is 0 Å². The molecule has 3 rings (SSSR count). The van der Waals surface area contributed by atoms with E-state index in [0.29, 0.717) is 0 Å². The van der Waals surface area contributed by atoms with Crippen LogP contribution < -0.4 is 0 Å². The summed E-state index contributed by atoms with van der Waals surface area (Å²) in [6, 6.07) is 10.6. The van der Waals surface area contributed by atoms with Gasteiger partial charge >= 0.3 is 0 Å². The smallest absolute Gasteiger partial charge is 0.107 e. The molecule has 0 aliphatic heterocycles. The Hall–Kier alpha value is -1.61. The SMILES string of the molecule is Cc1cccc2[nH]c(CCCc3cccs3)nc12. The minimum atomic E-state index is 1.02. The van der Waals surface area contributed by atoms with Crippen molar-refractivity contribution in [3.63, 3.8) is 0 Å². The second-order valence-electron chi connectivity index (χ2n) is 4.59. The number of nitrogens with one attached hydrogen (secondary N) is 1. The van der Waals surface area contributed by atoms with Crippen molar-refractivity contribution < 1.29 is 0 Å². The Morgan fingerprint density at radius 1 is 1.17 bits per heavy atom. The number of fused-ring (bicyclic) bond motifs is 1. The van der Waals surface area contributed by atoms with E-state index in [-0.39, 0.29) is 0 Å². The van der Waals surface area contributed by atoms with Crippen molar-refractivity contribution in [2.24, 2.45) is 0 Å². The molecule has 0 atom stereocenters. The normalized spacial score (nSPS) is 11.2. The zero-order valence-corrected chi connectivity index (χ0v) is 11.3. The monoisotopic (exact) mass is 256 g/mol. The summed E-state index contributed by atoms with van der Waals surface area (Å²) in [6.07, 6.45) is 3.32. The molecular formula is C15H16N2S. The van der Waals surface area contributed by atoms with Crippen molar-refractivity contribution >= 4 is 22.4 Å². The Kier molecular flexibility index (Phi) is 3.15. The number of hydrogen-bond acceptors (Lipinski definition) is 2. The van der Waals surface area contributed by atoms with E-state index >= 15 is 0 Å². The first-order valence-electron chi connectivity index (χ1n) is 6.29. The summed E-state index contributed by atoms with van der Waals surface area (Å²) >= 11 is 1.83. The summed E-state index contributed by atoms with van der Waals surface area (Å²) in [5.41, 5.74) is 3.51. The summed E-state index contributed by atoms with van der Waals surface area (Å²) in [5.74, 6) is 1.11. The minimum Gasteiger partial charge on any atom is -0.342 e. The summed E-state index contributed by atoms with van der Waals surface area (Å²) in [4.78, 5) is 9.55. The molecule has 0 bridgehead atoms. The van der Waals surface area contributed by atoms with Gasteiger partial charge in [0.15, 0.2) is 0 Å². The molecule has 0 aliphatic rings. The summed E-state index contributed by atoms with van der Waals surface area (Å²) in [6.45, 7) is 2.11. The highest BCUT2D eigenvalue weighted by molar-refractivity contribution is 7.09. The quantitative estimate of drug-likeness (QED) is 0.747. The molecule has 3 heteroatoms. The average Bonchev–Trinajstić information content (AvgIpc) is 2.98. The number of rotatable bonds is 4. The largest absolute Gasteiger partial charge is 0.342 e. The maximum absolute atomic E-state index is 4.68. The van der Waals surface area contributed by atoms with Crippen molar-refractivity contribution in [2.45, 2.75) is 26.2 Å². The van der Waals surface area contributed by atoms with Gasteiger partial charge < -0.3 is 4.98 Å². The summed E-state index contributed by atoms with van der Waals surface area (Å²) in [5, 5.41) is 2.14. The molecule has 0 saturated carbocycles. The Bertz CT molecular complexity index is 638. The summed E-state index contributed by atoms with van der Waals surface area (Å²) in [7, 11) is 0. The van der Waals surface area contributed by atoms with Crippen LogP contribution in [-0.4, -0.2) is 9.97 Å². The van der Waals surface area contributed by atoms with Gasteiger partial charge in [0.25, 0.3) is 0 Å². The number of thiophene rings is 1. The topological polar surface area (TPSA) is 28.7 Å². The molecule has 1 N–H and O–H groups in total. The first-order valence-corrected chi connectivity index (χ1v) is 7.17. The predicted octanol–water partition coefficient (Wildman–Crippen LogP) is 4.11. The molecule has 0 unspecified atom stereocenters. The number of aryl methyl sites for hydroxylation is 3.